The highest BCUT2D eigenvalue weighted by Crippen LogP contribution is 2.32. The van der Waals surface area contributed by atoms with E-state index in [-0.39, 0.29) is 11.8 Å². The number of hydrogen-bond donors (Lipinski definition) is 0. The average molecular weight is 266 g/mol. The van der Waals surface area contributed by atoms with Crippen LogP contribution in [0.3, 0.4) is 0 Å². The molecule has 5 heteroatoms. The van der Waals surface area contributed by atoms with Crippen LogP contribution in [0.1, 0.15) is 30.9 Å². The van der Waals surface area contributed by atoms with Crippen molar-refractivity contribution < 1.29 is 9.32 Å². The zero-order valence-corrected chi connectivity index (χ0v) is 12.0. The summed E-state index contributed by atoms with van der Waals surface area (Å²) in [7, 11) is 0. The Balaban J connectivity index is 2.30. The molecule has 0 aromatic carbocycles. The predicted molar refractivity (Wildman–Crippen MR) is 73.0 cm³/mol. The summed E-state index contributed by atoms with van der Waals surface area (Å²) >= 11 is 1.71. The molecule has 1 amide bonds. The van der Waals surface area contributed by atoms with Gasteiger partial charge in [-0.2, -0.15) is 0 Å². The molecular weight excluding hydrogens is 248 g/mol. The van der Waals surface area contributed by atoms with Crippen molar-refractivity contribution in [3.8, 4) is 0 Å². The smallest absolute Gasteiger partial charge is 0.229 e. The zero-order valence-electron chi connectivity index (χ0n) is 11.2. The van der Waals surface area contributed by atoms with Gasteiger partial charge in [0.05, 0.1) is 10.7 Å². The number of aromatic nitrogens is 1. The predicted octanol–water partition coefficient (Wildman–Crippen LogP) is 2.82. The van der Waals surface area contributed by atoms with Crippen LogP contribution in [0.5, 0.6) is 0 Å². The van der Waals surface area contributed by atoms with Gasteiger partial charge in [0.2, 0.25) is 5.91 Å². The summed E-state index contributed by atoms with van der Waals surface area (Å²) in [6.07, 6.45) is 2.01. The van der Waals surface area contributed by atoms with E-state index in [1.807, 2.05) is 38.7 Å². The van der Waals surface area contributed by atoms with Gasteiger partial charge in [-0.1, -0.05) is 19.0 Å². The Kier molecular flexibility index (Phi) is 3.80. The summed E-state index contributed by atoms with van der Waals surface area (Å²) in [5.74, 6) is 1.95. The fourth-order valence-corrected chi connectivity index (χ4v) is 2.92. The summed E-state index contributed by atoms with van der Waals surface area (Å²) < 4.78 is 5.14. The van der Waals surface area contributed by atoms with Gasteiger partial charge in [0.1, 0.15) is 5.76 Å². The van der Waals surface area contributed by atoms with Crippen molar-refractivity contribution >= 4 is 23.7 Å². The van der Waals surface area contributed by atoms with Crippen molar-refractivity contribution in [3.05, 3.63) is 22.0 Å². The summed E-state index contributed by atoms with van der Waals surface area (Å²) in [5.41, 5.74) is 1.85. The number of aryl methyl sites for hydroxylation is 2. The molecule has 0 atom stereocenters. The molecule has 1 aromatic heterocycles. The average Bonchev–Trinajstić information content (AvgIpc) is 2.90. The highest BCUT2D eigenvalue weighted by molar-refractivity contribution is 8.03. The van der Waals surface area contributed by atoms with Gasteiger partial charge in [-0.25, -0.2) is 0 Å². The quantitative estimate of drug-likeness (QED) is 0.825. The molecule has 1 fully saturated rings. The zero-order chi connectivity index (χ0) is 13.3. The van der Waals surface area contributed by atoms with Crippen molar-refractivity contribution in [2.75, 3.05) is 12.3 Å². The van der Waals surface area contributed by atoms with E-state index in [4.69, 9.17) is 4.52 Å². The van der Waals surface area contributed by atoms with Crippen LogP contribution in [0.25, 0.3) is 6.08 Å². The molecule has 4 nitrogen and oxygen atoms in total. The van der Waals surface area contributed by atoms with E-state index >= 15 is 0 Å². The molecule has 18 heavy (non-hydrogen) atoms. The molecule has 0 spiro atoms. The van der Waals surface area contributed by atoms with Crippen molar-refractivity contribution in [2.24, 2.45) is 5.92 Å². The molecule has 0 saturated carbocycles. The minimum absolute atomic E-state index is 0.0248. The second kappa shape index (κ2) is 5.18. The summed E-state index contributed by atoms with van der Waals surface area (Å²) in [6.45, 7) is 8.45. The van der Waals surface area contributed by atoms with Crippen molar-refractivity contribution in [1.82, 2.24) is 10.1 Å². The molecule has 1 aliphatic heterocycles. The van der Waals surface area contributed by atoms with Gasteiger partial charge in [-0.15, -0.1) is 11.8 Å². The normalized spacial score (nSPS) is 18.1. The first-order valence-electron chi connectivity index (χ1n) is 6.09. The van der Waals surface area contributed by atoms with E-state index in [0.717, 1.165) is 34.3 Å². The Morgan fingerprint density at radius 3 is 2.78 bits per heavy atom. The molecule has 1 saturated heterocycles. The third-order valence-electron chi connectivity index (χ3n) is 2.95. The fourth-order valence-electron chi connectivity index (χ4n) is 1.90. The van der Waals surface area contributed by atoms with E-state index in [1.165, 1.54) is 0 Å². The molecule has 0 bridgehead atoms. The van der Waals surface area contributed by atoms with E-state index in [2.05, 4.69) is 5.16 Å². The molecule has 1 aromatic rings. The Bertz CT molecular complexity index is 472. The lowest BCUT2D eigenvalue weighted by Gasteiger charge is -2.19. The van der Waals surface area contributed by atoms with Crippen LogP contribution in [0.15, 0.2) is 9.55 Å². The minimum Gasteiger partial charge on any atom is -0.361 e. The van der Waals surface area contributed by atoms with Crippen LogP contribution in [0.4, 0.5) is 0 Å². The molecule has 0 unspecified atom stereocenters. The maximum absolute atomic E-state index is 12.1. The second-order valence-corrected chi connectivity index (χ2v) is 5.83. The molecule has 2 heterocycles. The maximum Gasteiger partial charge on any atom is 0.229 e. The minimum atomic E-state index is 0.0248. The topological polar surface area (TPSA) is 46.3 Å². The molecule has 2 rings (SSSR count). The first kappa shape index (κ1) is 13.2. The highest BCUT2D eigenvalue weighted by atomic mass is 32.2. The van der Waals surface area contributed by atoms with E-state index in [0.29, 0.717) is 0 Å². The van der Waals surface area contributed by atoms with Crippen LogP contribution in [-0.2, 0) is 4.79 Å². The SMILES string of the molecule is Cc1noc(C)c1/C=C1/SCCN1C(=O)C(C)C. The Labute approximate surface area is 111 Å². The first-order chi connectivity index (χ1) is 8.50. The van der Waals surface area contributed by atoms with Gasteiger partial charge in [0.15, 0.2) is 0 Å². The molecule has 0 radical (unpaired) electrons. The highest BCUT2D eigenvalue weighted by Gasteiger charge is 2.26. The second-order valence-electron chi connectivity index (χ2n) is 4.71. The fraction of sp³-hybridized carbons (Fsp3) is 0.538. The van der Waals surface area contributed by atoms with Crippen molar-refractivity contribution in [3.63, 3.8) is 0 Å². The maximum atomic E-state index is 12.1. The van der Waals surface area contributed by atoms with Crippen molar-refractivity contribution in [2.45, 2.75) is 27.7 Å². The van der Waals surface area contributed by atoms with Crippen LogP contribution in [0, 0.1) is 19.8 Å². The molecule has 0 aliphatic carbocycles. The number of carbonyl (C=O) groups excluding carboxylic acids is 1. The van der Waals surface area contributed by atoms with Crippen LogP contribution < -0.4 is 0 Å². The number of rotatable bonds is 2. The lowest BCUT2D eigenvalue weighted by atomic mass is 10.2. The third kappa shape index (κ3) is 2.46. The van der Waals surface area contributed by atoms with E-state index < -0.39 is 0 Å². The first-order valence-corrected chi connectivity index (χ1v) is 7.08. The van der Waals surface area contributed by atoms with E-state index in [9.17, 15) is 4.79 Å². The van der Waals surface area contributed by atoms with Crippen LogP contribution >= 0.6 is 11.8 Å². The van der Waals surface area contributed by atoms with Gasteiger partial charge in [-0.05, 0) is 19.9 Å². The van der Waals surface area contributed by atoms with Gasteiger partial charge in [0, 0.05) is 23.8 Å². The lowest BCUT2D eigenvalue weighted by molar-refractivity contribution is -0.131. The third-order valence-corrected chi connectivity index (χ3v) is 3.97. The summed E-state index contributed by atoms with van der Waals surface area (Å²) in [6, 6.07) is 0. The number of thioether (sulfide) groups is 1. The van der Waals surface area contributed by atoms with Gasteiger partial charge in [0.25, 0.3) is 0 Å². The largest absolute Gasteiger partial charge is 0.361 e. The summed E-state index contributed by atoms with van der Waals surface area (Å²) in [4.78, 5) is 13.9. The van der Waals surface area contributed by atoms with E-state index in [1.54, 1.807) is 11.8 Å². The summed E-state index contributed by atoms with van der Waals surface area (Å²) in [5, 5.41) is 4.93. The number of amides is 1. The monoisotopic (exact) mass is 266 g/mol. The van der Waals surface area contributed by atoms with Crippen LogP contribution in [-0.4, -0.2) is 28.3 Å². The van der Waals surface area contributed by atoms with Crippen LogP contribution in [0.2, 0.25) is 0 Å². The lowest BCUT2D eigenvalue weighted by Crippen LogP contribution is -2.30. The molecule has 0 N–H and O–H groups in total. The number of hydrogen-bond acceptors (Lipinski definition) is 4. The van der Waals surface area contributed by atoms with Gasteiger partial charge < -0.3 is 9.42 Å². The van der Waals surface area contributed by atoms with Gasteiger partial charge in [-0.3, -0.25) is 4.79 Å². The number of carbonyl (C=O) groups is 1. The molecule has 98 valence electrons. The van der Waals surface area contributed by atoms with Crippen molar-refractivity contribution in [1.29, 1.82) is 0 Å². The standard InChI is InChI=1S/C13H18N2O2S/c1-8(2)13(16)15-5-6-18-12(15)7-11-9(3)14-17-10(11)4/h7-8H,5-6H2,1-4H3/b12-7+. The molecular formula is C13H18N2O2S. The molecule has 1 aliphatic rings. The Morgan fingerprint density at radius 1 is 1.50 bits per heavy atom. The Morgan fingerprint density at radius 2 is 2.22 bits per heavy atom. The Hall–Kier alpha value is -1.23. The number of nitrogens with zero attached hydrogens (tertiary/aromatic N) is 2. The van der Waals surface area contributed by atoms with Gasteiger partial charge >= 0.3 is 0 Å².